The van der Waals surface area contributed by atoms with E-state index in [9.17, 15) is 4.39 Å². The van der Waals surface area contributed by atoms with Crippen molar-refractivity contribution >= 4 is 33.7 Å². The van der Waals surface area contributed by atoms with Gasteiger partial charge in [-0.1, -0.05) is 28.7 Å². The summed E-state index contributed by atoms with van der Waals surface area (Å²) in [6, 6.07) is 4.70. The second-order valence-corrected chi connectivity index (χ2v) is 3.09. The van der Waals surface area contributed by atoms with Crippen LogP contribution in [-0.4, -0.2) is 4.98 Å². The van der Waals surface area contributed by atoms with Crippen LogP contribution in [0, 0.1) is 5.82 Å². The lowest BCUT2D eigenvalue weighted by Gasteiger charge is -1.85. The largest absolute Gasteiger partial charge is 0.440 e. The summed E-state index contributed by atoms with van der Waals surface area (Å²) < 4.78 is 18.9. The van der Waals surface area contributed by atoms with Gasteiger partial charge in [0.15, 0.2) is 11.4 Å². The van der Waals surface area contributed by atoms with Crippen LogP contribution in [0.4, 0.5) is 4.39 Å². The maximum absolute atomic E-state index is 13.0. The van der Waals surface area contributed by atoms with Gasteiger partial charge in [-0.25, -0.2) is 9.37 Å². The van der Waals surface area contributed by atoms with Crippen LogP contribution in [0.2, 0.25) is 0 Å². The molecule has 0 atom stereocenters. The van der Waals surface area contributed by atoms with E-state index in [1.165, 1.54) is 6.07 Å². The van der Waals surface area contributed by atoms with E-state index >= 15 is 0 Å². The number of hydrogen-bond donors (Lipinski definition) is 0. The second kappa shape index (κ2) is 3.01. The predicted molar refractivity (Wildman–Crippen MR) is 51.7 cm³/mol. The van der Waals surface area contributed by atoms with E-state index in [0.717, 1.165) is 0 Å². The highest BCUT2D eigenvalue weighted by molar-refractivity contribution is 14.1. The second-order valence-electron chi connectivity index (χ2n) is 2.33. The van der Waals surface area contributed by atoms with E-state index in [-0.39, 0.29) is 5.82 Å². The Hall–Kier alpha value is -0.650. The highest BCUT2D eigenvalue weighted by Crippen LogP contribution is 2.19. The molecule has 62 valence electrons. The molecule has 0 fully saturated rings. The highest BCUT2D eigenvalue weighted by Gasteiger charge is 2.07. The molecule has 0 saturated carbocycles. The maximum atomic E-state index is 13.0. The summed E-state index contributed by atoms with van der Waals surface area (Å²) >= 11 is 2.12. The van der Waals surface area contributed by atoms with E-state index < -0.39 is 0 Å². The molecule has 0 aliphatic carbocycles. The number of hydrogen-bond acceptors (Lipinski definition) is 2. The van der Waals surface area contributed by atoms with Gasteiger partial charge in [-0.15, -0.1) is 0 Å². The Morgan fingerprint density at radius 3 is 3.00 bits per heavy atom. The number of aromatic nitrogens is 1. The first kappa shape index (κ1) is 7.97. The van der Waals surface area contributed by atoms with Crippen molar-refractivity contribution in [2.45, 2.75) is 4.43 Å². The molecule has 2 aromatic rings. The van der Waals surface area contributed by atoms with E-state index in [2.05, 4.69) is 27.6 Å². The zero-order valence-corrected chi connectivity index (χ0v) is 8.21. The lowest BCUT2D eigenvalue weighted by atomic mass is 10.3. The zero-order valence-electron chi connectivity index (χ0n) is 6.05. The first-order valence-corrected chi connectivity index (χ1v) is 4.93. The zero-order chi connectivity index (χ0) is 8.55. The number of fused-ring (bicyclic) bond motifs is 1. The molecule has 0 spiro atoms. The van der Waals surface area contributed by atoms with Gasteiger partial charge in [0.1, 0.15) is 5.52 Å². The molecular weight excluding hydrogens is 272 g/mol. The summed E-state index contributed by atoms with van der Waals surface area (Å²) in [5.41, 5.74) is 0.839. The normalized spacial score (nSPS) is 10.8. The standard InChI is InChI=1S/C8H5FINO/c9-5-2-1-3-6-8(5)11-7(4-10)12-6/h1-3H,4H2. The van der Waals surface area contributed by atoms with Crippen molar-refractivity contribution in [2.24, 2.45) is 0 Å². The van der Waals surface area contributed by atoms with E-state index in [4.69, 9.17) is 4.42 Å². The fourth-order valence-corrected chi connectivity index (χ4v) is 1.34. The lowest BCUT2D eigenvalue weighted by molar-refractivity contribution is 0.559. The van der Waals surface area contributed by atoms with Crippen LogP contribution in [0.5, 0.6) is 0 Å². The molecule has 0 radical (unpaired) electrons. The lowest BCUT2D eigenvalue weighted by Crippen LogP contribution is -1.77. The molecule has 0 bridgehead atoms. The van der Waals surface area contributed by atoms with Crippen LogP contribution < -0.4 is 0 Å². The van der Waals surface area contributed by atoms with Gasteiger partial charge < -0.3 is 4.42 Å². The van der Waals surface area contributed by atoms with Gasteiger partial charge in [-0.3, -0.25) is 0 Å². The minimum Gasteiger partial charge on any atom is -0.440 e. The number of benzene rings is 1. The minimum absolute atomic E-state index is 0.323. The van der Waals surface area contributed by atoms with Crippen molar-refractivity contribution < 1.29 is 8.81 Å². The Bertz CT molecular complexity index is 412. The monoisotopic (exact) mass is 277 g/mol. The van der Waals surface area contributed by atoms with Crippen molar-refractivity contribution in [1.82, 2.24) is 4.98 Å². The average molecular weight is 277 g/mol. The Morgan fingerprint density at radius 2 is 2.33 bits per heavy atom. The topological polar surface area (TPSA) is 26.0 Å². The molecule has 0 aliphatic rings. The third-order valence-corrected chi connectivity index (χ3v) is 2.18. The summed E-state index contributed by atoms with van der Waals surface area (Å²) in [4.78, 5) is 3.98. The molecule has 12 heavy (non-hydrogen) atoms. The van der Waals surface area contributed by atoms with Crippen molar-refractivity contribution in [3.05, 3.63) is 29.9 Å². The van der Waals surface area contributed by atoms with Gasteiger partial charge in [0.05, 0.1) is 4.43 Å². The Balaban J connectivity index is 2.74. The summed E-state index contributed by atoms with van der Waals surface area (Å²) in [7, 11) is 0. The van der Waals surface area contributed by atoms with Gasteiger partial charge in [-0.05, 0) is 12.1 Å². The molecule has 2 nitrogen and oxygen atoms in total. The van der Waals surface area contributed by atoms with Crippen molar-refractivity contribution in [1.29, 1.82) is 0 Å². The molecule has 0 saturated heterocycles. The molecule has 0 aliphatic heterocycles. The van der Waals surface area contributed by atoms with Crippen LogP contribution in [0.3, 0.4) is 0 Å². The molecule has 2 rings (SSSR count). The number of para-hydroxylation sites is 1. The highest BCUT2D eigenvalue weighted by atomic mass is 127. The fraction of sp³-hybridized carbons (Fsp3) is 0.125. The van der Waals surface area contributed by atoms with E-state index in [0.29, 0.717) is 21.4 Å². The number of nitrogens with zero attached hydrogens (tertiary/aromatic N) is 1. The van der Waals surface area contributed by atoms with Crippen LogP contribution >= 0.6 is 22.6 Å². The maximum Gasteiger partial charge on any atom is 0.205 e. The van der Waals surface area contributed by atoms with Crippen LogP contribution in [0.25, 0.3) is 11.1 Å². The molecule has 1 aromatic heterocycles. The summed E-state index contributed by atoms with van der Waals surface area (Å²) in [5.74, 6) is 0.239. The molecule has 0 unspecified atom stereocenters. The van der Waals surface area contributed by atoms with E-state index in [1.54, 1.807) is 12.1 Å². The number of alkyl halides is 1. The molecule has 1 aromatic carbocycles. The number of halogens is 2. The third kappa shape index (κ3) is 1.20. The Labute approximate surface area is 81.9 Å². The van der Waals surface area contributed by atoms with Crippen LogP contribution in [0.15, 0.2) is 22.6 Å². The Morgan fingerprint density at radius 1 is 1.50 bits per heavy atom. The average Bonchev–Trinajstić information content (AvgIpc) is 2.49. The Kier molecular flexibility index (Phi) is 2.00. The molecule has 0 amide bonds. The first-order valence-electron chi connectivity index (χ1n) is 3.41. The van der Waals surface area contributed by atoms with Crippen LogP contribution in [0.1, 0.15) is 5.89 Å². The van der Waals surface area contributed by atoms with Crippen molar-refractivity contribution in [3.63, 3.8) is 0 Å². The number of oxazole rings is 1. The van der Waals surface area contributed by atoms with Gasteiger partial charge in [-0.2, -0.15) is 0 Å². The fourth-order valence-electron chi connectivity index (χ4n) is 1.02. The van der Waals surface area contributed by atoms with Crippen LogP contribution in [-0.2, 0) is 4.43 Å². The molecular formula is C8H5FINO. The van der Waals surface area contributed by atoms with Gasteiger partial charge in [0, 0.05) is 0 Å². The number of rotatable bonds is 1. The summed E-state index contributed by atoms with van der Waals surface area (Å²) in [5, 5.41) is 0. The summed E-state index contributed by atoms with van der Waals surface area (Å²) in [6.07, 6.45) is 0. The quantitative estimate of drug-likeness (QED) is 0.591. The van der Waals surface area contributed by atoms with Gasteiger partial charge in [0.2, 0.25) is 5.89 Å². The first-order chi connectivity index (χ1) is 5.81. The predicted octanol–water partition coefficient (Wildman–Crippen LogP) is 2.90. The summed E-state index contributed by atoms with van der Waals surface area (Å²) in [6.45, 7) is 0. The van der Waals surface area contributed by atoms with Crippen molar-refractivity contribution in [2.75, 3.05) is 0 Å². The van der Waals surface area contributed by atoms with Gasteiger partial charge >= 0.3 is 0 Å². The molecule has 1 heterocycles. The molecule has 0 N–H and O–H groups in total. The smallest absolute Gasteiger partial charge is 0.205 e. The third-order valence-electron chi connectivity index (χ3n) is 1.53. The van der Waals surface area contributed by atoms with Crippen molar-refractivity contribution in [3.8, 4) is 0 Å². The molecule has 4 heteroatoms. The van der Waals surface area contributed by atoms with E-state index in [1.807, 2.05) is 0 Å². The SMILES string of the molecule is Fc1cccc2oc(CI)nc12. The van der Waals surface area contributed by atoms with Gasteiger partial charge in [0.25, 0.3) is 0 Å². The minimum atomic E-state index is -0.327.